The van der Waals surface area contributed by atoms with Crippen LogP contribution in [0.3, 0.4) is 0 Å². The lowest BCUT2D eigenvalue weighted by molar-refractivity contribution is 0.156. The molecule has 3 nitrogen and oxygen atoms in total. The van der Waals surface area contributed by atoms with Gasteiger partial charge < -0.3 is 10.1 Å². The highest BCUT2D eigenvalue weighted by molar-refractivity contribution is 5.67. The summed E-state index contributed by atoms with van der Waals surface area (Å²) in [5.74, 6) is 0. The van der Waals surface area contributed by atoms with Crippen LogP contribution >= 0.6 is 0 Å². The highest BCUT2D eigenvalue weighted by Crippen LogP contribution is 2.21. The maximum atomic E-state index is 11.3. The summed E-state index contributed by atoms with van der Waals surface area (Å²) in [6, 6.07) is 10.1. The van der Waals surface area contributed by atoms with Crippen LogP contribution in [0.1, 0.15) is 19.4 Å². The van der Waals surface area contributed by atoms with Crippen molar-refractivity contribution in [1.29, 1.82) is 0 Å². The molecular formula is C14H19NO2. The lowest BCUT2D eigenvalue weighted by Gasteiger charge is -2.25. The molecule has 17 heavy (non-hydrogen) atoms. The van der Waals surface area contributed by atoms with Gasteiger partial charge in [0.05, 0.1) is 0 Å². The first-order valence-electron chi connectivity index (χ1n) is 5.63. The van der Waals surface area contributed by atoms with E-state index in [1.54, 1.807) is 6.08 Å². The van der Waals surface area contributed by atoms with E-state index in [0.29, 0.717) is 6.54 Å². The zero-order valence-corrected chi connectivity index (χ0v) is 10.4. The molecule has 0 unspecified atom stereocenters. The van der Waals surface area contributed by atoms with E-state index in [1.165, 1.54) is 5.56 Å². The van der Waals surface area contributed by atoms with Crippen LogP contribution in [0.2, 0.25) is 0 Å². The minimum Gasteiger partial charge on any atom is -0.445 e. The molecular weight excluding hydrogens is 214 g/mol. The second-order valence-electron chi connectivity index (χ2n) is 4.49. The van der Waals surface area contributed by atoms with Gasteiger partial charge in [-0.2, -0.15) is 0 Å². The average molecular weight is 233 g/mol. The number of nitrogens with one attached hydrogen (secondary N) is 1. The second kappa shape index (κ2) is 6.09. The molecule has 0 aliphatic heterocycles. The molecule has 1 rings (SSSR count). The summed E-state index contributed by atoms with van der Waals surface area (Å²) in [6.07, 6.45) is 1.14. The Morgan fingerprint density at radius 1 is 1.41 bits per heavy atom. The van der Waals surface area contributed by atoms with Gasteiger partial charge in [-0.15, -0.1) is 0 Å². The first kappa shape index (κ1) is 13.3. The molecule has 0 aromatic heterocycles. The third-order valence-corrected chi connectivity index (χ3v) is 2.56. The monoisotopic (exact) mass is 233 g/mol. The first-order chi connectivity index (χ1) is 8.06. The number of hydrogen-bond acceptors (Lipinski definition) is 2. The van der Waals surface area contributed by atoms with Crippen LogP contribution in [0, 0.1) is 0 Å². The molecule has 0 aliphatic rings. The van der Waals surface area contributed by atoms with Crippen molar-refractivity contribution in [2.24, 2.45) is 0 Å². The Hall–Kier alpha value is -1.77. The molecule has 0 radical (unpaired) electrons. The van der Waals surface area contributed by atoms with Crippen LogP contribution in [0.25, 0.3) is 0 Å². The molecule has 0 saturated heterocycles. The lowest BCUT2D eigenvalue weighted by Crippen LogP contribution is -2.37. The molecule has 1 amide bonds. The maximum Gasteiger partial charge on any atom is 0.407 e. The maximum absolute atomic E-state index is 11.3. The first-order valence-corrected chi connectivity index (χ1v) is 5.63. The second-order valence-corrected chi connectivity index (χ2v) is 4.49. The van der Waals surface area contributed by atoms with E-state index >= 15 is 0 Å². The Morgan fingerprint density at radius 2 is 2.06 bits per heavy atom. The van der Waals surface area contributed by atoms with Crippen LogP contribution in [0.15, 0.2) is 43.0 Å². The summed E-state index contributed by atoms with van der Waals surface area (Å²) in [6.45, 7) is 8.41. The largest absolute Gasteiger partial charge is 0.445 e. The number of carbonyl (C=O) groups excluding carboxylic acids is 1. The minimum atomic E-state index is -0.408. The van der Waals surface area contributed by atoms with Gasteiger partial charge in [0.25, 0.3) is 0 Å². The van der Waals surface area contributed by atoms with E-state index in [1.807, 2.05) is 18.2 Å². The van der Waals surface area contributed by atoms with Gasteiger partial charge in [0.2, 0.25) is 0 Å². The molecule has 0 fully saturated rings. The zero-order valence-electron chi connectivity index (χ0n) is 10.4. The van der Waals surface area contributed by atoms with E-state index < -0.39 is 6.09 Å². The zero-order chi connectivity index (χ0) is 12.7. The van der Waals surface area contributed by atoms with Crippen molar-refractivity contribution in [1.82, 2.24) is 5.32 Å². The Morgan fingerprint density at radius 3 is 2.65 bits per heavy atom. The van der Waals surface area contributed by atoms with Crippen LogP contribution in [0.4, 0.5) is 4.79 Å². The number of amides is 1. The number of carbonyl (C=O) groups is 1. The van der Waals surface area contributed by atoms with Crippen molar-refractivity contribution in [3.63, 3.8) is 0 Å². The molecule has 1 N–H and O–H groups in total. The van der Waals surface area contributed by atoms with Gasteiger partial charge in [-0.25, -0.2) is 4.79 Å². The third-order valence-electron chi connectivity index (χ3n) is 2.56. The molecule has 0 spiro atoms. The molecule has 92 valence electrons. The number of benzene rings is 1. The molecule has 0 aliphatic carbocycles. The quantitative estimate of drug-likeness (QED) is 0.794. The summed E-state index contributed by atoms with van der Waals surface area (Å²) in [5.41, 5.74) is 1.07. The van der Waals surface area contributed by atoms with Crippen molar-refractivity contribution in [3.8, 4) is 0 Å². The minimum absolute atomic E-state index is 0.117. The molecule has 1 aromatic carbocycles. The van der Waals surface area contributed by atoms with Crippen LogP contribution in [-0.2, 0) is 10.2 Å². The van der Waals surface area contributed by atoms with Crippen molar-refractivity contribution in [2.75, 3.05) is 13.2 Å². The van der Waals surface area contributed by atoms with E-state index in [-0.39, 0.29) is 12.0 Å². The third kappa shape index (κ3) is 4.31. The fourth-order valence-electron chi connectivity index (χ4n) is 1.47. The normalized spacial score (nSPS) is 10.7. The van der Waals surface area contributed by atoms with Crippen molar-refractivity contribution >= 4 is 6.09 Å². The Balaban J connectivity index is 2.50. The highest BCUT2D eigenvalue weighted by atomic mass is 16.5. The topological polar surface area (TPSA) is 38.3 Å². The molecule has 0 bridgehead atoms. The molecule has 1 aromatic rings. The smallest absolute Gasteiger partial charge is 0.407 e. The van der Waals surface area contributed by atoms with Gasteiger partial charge in [-0.05, 0) is 5.56 Å². The fourth-order valence-corrected chi connectivity index (χ4v) is 1.47. The Bertz CT molecular complexity index is 371. The predicted octanol–water partition coefficient (Wildman–Crippen LogP) is 2.88. The van der Waals surface area contributed by atoms with E-state index in [4.69, 9.17) is 4.74 Å². The lowest BCUT2D eigenvalue weighted by atomic mass is 9.85. The van der Waals surface area contributed by atoms with Gasteiger partial charge in [0.15, 0.2) is 0 Å². The van der Waals surface area contributed by atoms with Crippen molar-refractivity contribution < 1.29 is 9.53 Å². The fraction of sp³-hybridized carbons (Fsp3) is 0.357. The van der Waals surface area contributed by atoms with Crippen LogP contribution in [-0.4, -0.2) is 19.2 Å². The van der Waals surface area contributed by atoms with Gasteiger partial charge in [0.1, 0.15) is 6.61 Å². The number of rotatable bonds is 5. The summed E-state index contributed by atoms with van der Waals surface area (Å²) >= 11 is 0. The summed E-state index contributed by atoms with van der Waals surface area (Å²) in [4.78, 5) is 11.3. The number of ether oxygens (including phenoxy) is 1. The van der Waals surface area contributed by atoms with Gasteiger partial charge in [0, 0.05) is 12.0 Å². The van der Waals surface area contributed by atoms with Gasteiger partial charge in [-0.1, -0.05) is 56.8 Å². The molecule has 0 saturated carbocycles. The van der Waals surface area contributed by atoms with E-state index in [9.17, 15) is 4.79 Å². The van der Waals surface area contributed by atoms with Crippen LogP contribution < -0.4 is 5.32 Å². The van der Waals surface area contributed by atoms with Crippen molar-refractivity contribution in [3.05, 3.63) is 48.6 Å². The van der Waals surface area contributed by atoms with E-state index in [0.717, 1.165) is 0 Å². The summed E-state index contributed by atoms with van der Waals surface area (Å²) in [7, 11) is 0. The van der Waals surface area contributed by atoms with Gasteiger partial charge in [-0.3, -0.25) is 0 Å². The van der Waals surface area contributed by atoms with Crippen molar-refractivity contribution in [2.45, 2.75) is 19.3 Å². The Kier molecular flexibility index (Phi) is 4.76. The summed E-state index contributed by atoms with van der Waals surface area (Å²) < 4.78 is 4.85. The molecule has 3 heteroatoms. The predicted molar refractivity (Wildman–Crippen MR) is 69.0 cm³/mol. The molecule has 0 atom stereocenters. The number of alkyl carbamates (subject to hydrolysis) is 1. The SMILES string of the molecule is C=CCOC(=O)NCC(C)(C)c1ccccc1. The van der Waals surface area contributed by atoms with Crippen LogP contribution in [0.5, 0.6) is 0 Å². The number of hydrogen-bond donors (Lipinski definition) is 1. The average Bonchev–Trinajstić information content (AvgIpc) is 2.35. The highest BCUT2D eigenvalue weighted by Gasteiger charge is 2.21. The Labute approximate surface area is 102 Å². The van der Waals surface area contributed by atoms with E-state index in [2.05, 4.69) is 37.9 Å². The summed E-state index contributed by atoms with van der Waals surface area (Å²) in [5, 5.41) is 2.75. The standard InChI is InChI=1S/C14H19NO2/c1-4-10-17-13(16)15-11-14(2,3)12-8-6-5-7-9-12/h4-9H,1,10-11H2,2-3H3,(H,15,16). The molecule has 0 heterocycles. The van der Waals surface area contributed by atoms with Gasteiger partial charge >= 0.3 is 6.09 Å².